The predicted octanol–water partition coefficient (Wildman–Crippen LogP) is 8.21. The van der Waals surface area contributed by atoms with E-state index in [1.807, 2.05) is 19.1 Å². The van der Waals surface area contributed by atoms with Crippen LogP contribution in [0.2, 0.25) is 0 Å². The van der Waals surface area contributed by atoms with Crippen molar-refractivity contribution in [3.05, 3.63) is 89.5 Å². The number of hydrogen-bond donors (Lipinski definition) is 0. The molecule has 0 spiro atoms. The van der Waals surface area contributed by atoms with Gasteiger partial charge in [0.25, 0.3) is 0 Å². The van der Waals surface area contributed by atoms with E-state index in [-0.39, 0.29) is 12.1 Å². The molecular formula is C31H36O4. The van der Waals surface area contributed by atoms with Gasteiger partial charge in [-0.2, -0.15) is 0 Å². The molecule has 0 aliphatic rings. The third-order valence-corrected chi connectivity index (χ3v) is 6.10. The van der Waals surface area contributed by atoms with Crippen molar-refractivity contribution in [2.24, 2.45) is 0 Å². The first-order valence-electron chi connectivity index (χ1n) is 12.6. The Labute approximate surface area is 209 Å². The van der Waals surface area contributed by atoms with Crippen molar-refractivity contribution in [1.29, 1.82) is 0 Å². The van der Waals surface area contributed by atoms with Crippen LogP contribution < -0.4 is 4.74 Å². The summed E-state index contributed by atoms with van der Waals surface area (Å²) in [7, 11) is 0. The van der Waals surface area contributed by atoms with E-state index in [1.54, 1.807) is 36.4 Å². The number of benzene rings is 3. The van der Waals surface area contributed by atoms with Crippen molar-refractivity contribution in [2.45, 2.75) is 71.8 Å². The SMILES string of the molecule is CCCCCC[C@H](C)OC(=O)c1ccc(C(=O)Oc2ccc(-c3ccc(C(C)C)cc3)cc2)cc1. The summed E-state index contributed by atoms with van der Waals surface area (Å²) in [5.41, 5.74) is 4.28. The second kappa shape index (κ2) is 12.9. The largest absolute Gasteiger partial charge is 0.459 e. The highest BCUT2D eigenvalue weighted by molar-refractivity contribution is 5.94. The van der Waals surface area contributed by atoms with Crippen molar-refractivity contribution in [2.75, 3.05) is 0 Å². The fourth-order valence-electron chi connectivity index (χ4n) is 3.85. The van der Waals surface area contributed by atoms with E-state index in [1.165, 1.54) is 18.4 Å². The van der Waals surface area contributed by atoms with Gasteiger partial charge in [0, 0.05) is 0 Å². The van der Waals surface area contributed by atoms with Crippen LogP contribution in [-0.4, -0.2) is 18.0 Å². The molecule has 184 valence electrons. The highest BCUT2D eigenvalue weighted by Gasteiger charge is 2.14. The summed E-state index contributed by atoms with van der Waals surface area (Å²) >= 11 is 0. The first-order chi connectivity index (χ1) is 16.9. The molecule has 0 saturated carbocycles. The maximum atomic E-state index is 12.6. The van der Waals surface area contributed by atoms with Gasteiger partial charge in [-0.15, -0.1) is 0 Å². The minimum atomic E-state index is -0.469. The van der Waals surface area contributed by atoms with Gasteiger partial charge < -0.3 is 9.47 Å². The Morgan fingerprint density at radius 1 is 0.686 bits per heavy atom. The summed E-state index contributed by atoms with van der Waals surface area (Å²) in [6.07, 6.45) is 5.33. The van der Waals surface area contributed by atoms with E-state index in [0.717, 1.165) is 30.4 Å². The average molecular weight is 473 g/mol. The van der Waals surface area contributed by atoms with Crippen LogP contribution in [0.3, 0.4) is 0 Å². The van der Waals surface area contributed by atoms with E-state index in [2.05, 4.69) is 45.0 Å². The number of rotatable bonds is 11. The summed E-state index contributed by atoms with van der Waals surface area (Å²) in [6.45, 7) is 8.44. The number of unbranched alkanes of at least 4 members (excludes halogenated alkanes) is 3. The zero-order chi connectivity index (χ0) is 25.2. The third-order valence-electron chi connectivity index (χ3n) is 6.10. The highest BCUT2D eigenvalue weighted by atomic mass is 16.5. The lowest BCUT2D eigenvalue weighted by atomic mass is 9.99. The average Bonchev–Trinajstić information content (AvgIpc) is 2.87. The monoisotopic (exact) mass is 472 g/mol. The second-order valence-electron chi connectivity index (χ2n) is 9.33. The molecule has 0 aliphatic carbocycles. The molecule has 35 heavy (non-hydrogen) atoms. The molecule has 0 fully saturated rings. The van der Waals surface area contributed by atoms with Crippen molar-refractivity contribution in [1.82, 2.24) is 0 Å². The summed E-state index contributed by atoms with van der Waals surface area (Å²) in [5.74, 6) is 0.125. The molecule has 0 heterocycles. The lowest BCUT2D eigenvalue weighted by Gasteiger charge is -2.13. The van der Waals surface area contributed by atoms with E-state index in [4.69, 9.17) is 9.47 Å². The molecule has 0 unspecified atom stereocenters. The van der Waals surface area contributed by atoms with Gasteiger partial charge in [0.15, 0.2) is 0 Å². The quantitative estimate of drug-likeness (QED) is 0.160. The van der Waals surface area contributed by atoms with E-state index in [9.17, 15) is 9.59 Å². The minimum Gasteiger partial charge on any atom is -0.459 e. The van der Waals surface area contributed by atoms with Gasteiger partial charge in [-0.05, 0) is 78.8 Å². The number of carbonyl (C=O) groups excluding carboxylic acids is 2. The van der Waals surface area contributed by atoms with E-state index >= 15 is 0 Å². The van der Waals surface area contributed by atoms with Gasteiger partial charge in [-0.25, -0.2) is 9.59 Å². The molecule has 3 aromatic carbocycles. The number of carbonyl (C=O) groups is 2. The highest BCUT2D eigenvalue weighted by Crippen LogP contribution is 2.25. The van der Waals surface area contributed by atoms with Gasteiger partial charge in [-0.3, -0.25) is 0 Å². The zero-order valence-corrected chi connectivity index (χ0v) is 21.3. The zero-order valence-electron chi connectivity index (χ0n) is 21.3. The Morgan fingerprint density at radius 3 is 1.77 bits per heavy atom. The summed E-state index contributed by atoms with van der Waals surface area (Å²) in [6, 6.07) is 22.3. The number of hydrogen-bond acceptors (Lipinski definition) is 4. The Kier molecular flexibility index (Phi) is 9.66. The second-order valence-corrected chi connectivity index (χ2v) is 9.33. The van der Waals surface area contributed by atoms with Crippen molar-refractivity contribution in [3.8, 4) is 16.9 Å². The number of ether oxygens (including phenoxy) is 2. The summed E-state index contributed by atoms with van der Waals surface area (Å²) in [4.78, 5) is 24.9. The van der Waals surface area contributed by atoms with Crippen molar-refractivity contribution >= 4 is 11.9 Å². The molecule has 4 nitrogen and oxygen atoms in total. The van der Waals surface area contributed by atoms with Crippen LogP contribution in [0.15, 0.2) is 72.8 Å². The minimum absolute atomic E-state index is 0.125. The Morgan fingerprint density at radius 2 is 1.23 bits per heavy atom. The van der Waals surface area contributed by atoms with Gasteiger partial charge in [0.2, 0.25) is 0 Å². The van der Waals surface area contributed by atoms with E-state index < -0.39 is 5.97 Å². The Bertz CT molecular complexity index is 1080. The smallest absolute Gasteiger partial charge is 0.343 e. The lowest BCUT2D eigenvalue weighted by Crippen LogP contribution is -2.15. The van der Waals surface area contributed by atoms with Crippen LogP contribution in [0.1, 0.15) is 92.0 Å². The Hall–Kier alpha value is -3.40. The molecule has 3 rings (SSSR count). The predicted molar refractivity (Wildman–Crippen MR) is 141 cm³/mol. The van der Waals surface area contributed by atoms with Crippen LogP contribution in [0.25, 0.3) is 11.1 Å². The van der Waals surface area contributed by atoms with Crippen LogP contribution in [0.4, 0.5) is 0 Å². The normalized spacial score (nSPS) is 11.8. The molecular weight excluding hydrogens is 436 g/mol. The lowest BCUT2D eigenvalue weighted by molar-refractivity contribution is 0.0319. The van der Waals surface area contributed by atoms with Gasteiger partial charge in [-0.1, -0.05) is 76.4 Å². The first kappa shape index (κ1) is 26.2. The molecule has 0 aliphatic heterocycles. The number of esters is 2. The first-order valence-corrected chi connectivity index (χ1v) is 12.6. The molecule has 4 heteroatoms. The maximum absolute atomic E-state index is 12.6. The van der Waals surface area contributed by atoms with Crippen molar-refractivity contribution in [3.63, 3.8) is 0 Å². The molecule has 0 saturated heterocycles. The molecule has 0 N–H and O–H groups in total. The Balaban J connectivity index is 1.54. The molecule has 3 aromatic rings. The van der Waals surface area contributed by atoms with Crippen LogP contribution in [0.5, 0.6) is 5.75 Å². The molecule has 0 bridgehead atoms. The summed E-state index contributed by atoms with van der Waals surface area (Å²) < 4.78 is 11.0. The van der Waals surface area contributed by atoms with Crippen molar-refractivity contribution < 1.29 is 19.1 Å². The van der Waals surface area contributed by atoms with Crippen LogP contribution in [-0.2, 0) is 4.74 Å². The molecule has 0 aromatic heterocycles. The standard InChI is InChI=1S/C31H36O4/c1-5-6-7-8-9-23(4)34-30(32)27-14-16-28(17-15-27)31(33)35-29-20-18-26(19-21-29)25-12-10-24(11-13-25)22(2)3/h10-23H,5-9H2,1-4H3/t23-/m0/s1. The fraction of sp³-hybridized carbons (Fsp3) is 0.355. The van der Waals surface area contributed by atoms with E-state index in [0.29, 0.717) is 22.8 Å². The maximum Gasteiger partial charge on any atom is 0.343 e. The summed E-state index contributed by atoms with van der Waals surface area (Å²) in [5, 5.41) is 0. The molecule has 0 radical (unpaired) electrons. The van der Waals surface area contributed by atoms with Gasteiger partial charge in [0.05, 0.1) is 17.2 Å². The molecule has 1 atom stereocenters. The molecule has 0 amide bonds. The third kappa shape index (κ3) is 7.81. The van der Waals surface area contributed by atoms with Crippen LogP contribution >= 0.6 is 0 Å². The van der Waals surface area contributed by atoms with Crippen LogP contribution in [0, 0.1) is 0 Å². The van der Waals surface area contributed by atoms with Gasteiger partial charge in [0.1, 0.15) is 5.75 Å². The fourth-order valence-corrected chi connectivity index (χ4v) is 3.85. The topological polar surface area (TPSA) is 52.6 Å². The van der Waals surface area contributed by atoms with Gasteiger partial charge >= 0.3 is 11.9 Å².